The zero-order valence-electron chi connectivity index (χ0n) is 14.2. The summed E-state index contributed by atoms with van der Waals surface area (Å²) < 4.78 is 49.9. The number of anilines is 2. The molecule has 132 valence electrons. The maximum absolute atomic E-state index is 12.7. The predicted octanol–water partition coefficient (Wildman–Crippen LogP) is 4.36. The molecule has 7 heteroatoms. The van der Waals surface area contributed by atoms with Gasteiger partial charge in [0, 0.05) is 16.8 Å². The summed E-state index contributed by atoms with van der Waals surface area (Å²) in [6.07, 6.45) is -4.42. The van der Waals surface area contributed by atoms with E-state index in [1.165, 1.54) is 12.1 Å². The lowest BCUT2D eigenvalue weighted by molar-refractivity contribution is -0.137. The zero-order valence-corrected chi connectivity index (χ0v) is 14.2. The van der Waals surface area contributed by atoms with E-state index in [0.717, 1.165) is 23.3 Å². The molecule has 1 saturated heterocycles. The van der Waals surface area contributed by atoms with Crippen LogP contribution in [0.4, 0.5) is 24.5 Å². The SMILES string of the molecule is CC1OB(c2ccccc2Nc2ccc(C(F)(F)F)cc2)OC1(C)C. The Morgan fingerprint density at radius 2 is 1.68 bits per heavy atom. The van der Waals surface area contributed by atoms with Gasteiger partial charge in [-0.3, -0.25) is 0 Å². The Morgan fingerprint density at radius 1 is 1.04 bits per heavy atom. The van der Waals surface area contributed by atoms with Crippen LogP contribution in [0, 0.1) is 0 Å². The highest BCUT2D eigenvalue weighted by atomic mass is 19.4. The molecule has 3 nitrogen and oxygen atoms in total. The molecule has 1 unspecified atom stereocenters. The van der Waals surface area contributed by atoms with Gasteiger partial charge in [0.05, 0.1) is 17.3 Å². The van der Waals surface area contributed by atoms with Gasteiger partial charge in [0.2, 0.25) is 0 Å². The maximum Gasteiger partial charge on any atom is 0.496 e. The molecule has 1 heterocycles. The van der Waals surface area contributed by atoms with Gasteiger partial charge in [-0.05, 0) is 51.1 Å². The van der Waals surface area contributed by atoms with Crippen LogP contribution in [0.1, 0.15) is 26.3 Å². The first kappa shape index (κ1) is 17.8. The van der Waals surface area contributed by atoms with E-state index in [4.69, 9.17) is 9.31 Å². The smallest absolute Gasteiger partial charge is 0.402 e. The molecule has 2 aromatic carbocycles. The number of rotatable bonds is 3. The summed E-state index contributed by atoms with van der Waals surface area (Å²) in [7, 11) is -0.525. The molecule has 0 aromatic heterocycles. The molecule has 0 saturated carbocycles. The number of halogens is 3. The molecule has 1 aliphatic heterocycles. The Labute approximate surface area is 145 Å². The van der Waals surface area contributed by atoms with Crippen LogP contribution in [0.3, 0.4) is 0 Å². The second kappa shape index (κ2) is 6.39. The minimum atomic E-state index is -4.34. The van der Waals surface area contributed by atoms with Crippen LogP contribution in [-0.2, 0) is 15.5 Å². The fraction of sp³-hybridized carbons (Fsp3) is 0.333. The molecule has 0 radical (unpaired) electrons. The highest BCUT2D eigenvalue weighted by Gasteiger charge is 2.44. The quantitative estimate of drug-likeness (QED) is 0.836. The highest BCUT2D eigenvalue weighted by molar-refractivity contribution is 6.63. The number of alkyl halides is 3. The summed E-state index contributed by atoms with van der Waals surface area (Å²) in [6, 6.07) is 12.4. The van der Waals surface area contributed by atoms with Crippen molar-refractivity contribution in [1.29, 1.82) is 0 Å². The molecule has 2 aromatic rings. The normalized spacial score (nSPS) is 19.9. The number of hydrogen-bond donors (Lipinski definition) is 1. The van der Waals surface area contributed by atoms with E-state index in [0.29, 0.717) is 5.69 Å². The highest BCUT2D eigenvalue weighted by Crippen LogP contribution is 2.31. The Kier molecular flexibility index (Phi) is 4.55. The first-order valence-corrected chi connectivity index (χ1v) is 8.03. The molecule has 0 spiro atoms. The summed E-state index contributed by atoms with van der Waals surface area (Å²) >= 11 is 0. The summed E-state index contributed by atoms with van der Waals surface area (Å²) in [6.45, 7) is 5.87. The lowest BCUT2D eigenvalue weighted by atomic mass is 9.78. The van der Waals surface area contributed by atoms with Crippen molar-refractivity contribution in [3.8, 4) is 0 Å². The van der Waals surface area contributed by atoms with Crippen molar-refractivity contribution in [2.24, 2.45) is 0 Å². The Bertz CT molecular complexity index is 747. The van der Waals surface area contributed by atoms with Crippen LogP contribution in [0.2, 0.25) is 0 Å². The molecule has 3 rings (SSSR count). The van der Waals surface area contributed by atoms with E-state index in [2.05, 4.69) is 5.32 Å². The predicted molar refractivity (Wildman–Crippen MR) is 92.3 cm³/mol. The van der Waals surface area contributed by atoms with Crippen LogP contribution in [0.25, 0.3) is 0 Å². The van der Waals surface area contributed by atoms with E-state index in [1.54, 1.807) is 0 Å². The van der Waals surface area contributed by atoms with Gasteiger partial charge in [0.25, 0.3) is 0 Å². The fourth-order valence-electron chi connectivity index (χ4n) is 2.60. The lowest BCUT2D eigenvalue weighted by Crippen LogP contribution is -2.36. The van der Waals surface area contributed by atoms with Crippen molar-refractivity contribution >= 4 is 24.0 Å². The molecule has 1 atom stereocenters. The van der Waals surface area contributed by atoms with Crippen molar-refractivity contribution in [3.05, 3.63) is 54.1 Å². The van der Waals surface area contributed by atoms with E-state index in [1.807, 2.05) is 45.0 Å². The molecular weight excluding hydrogens is 330 g/mol. The molecule has 25 heavy (non-hydrogen) atoms. The summed E-state index contributed by atoms with van der Waals surface area (Å²) in [4.78, 5) is 0. The van der Waals surface area contributed by atoms with Crippen LogP contribution in [0.5, 0.6) is 0 Å². The monoisotopic (exact) mass is 349 g/mol. The molecule has 0 amide bonds. The Balaban J connectivity index is 1.82. The van der Waals surface area contributed by atoms with Gasteiger partial charge in [-0.15, -0.1) is 0 Å². The Hall–Kier alpha value is -1.99. The molecule has 1 N–H and O–H groups in total. The lowest BCUT2D eigenvalue weighted by Gasteiger charge is -2.21. The average Bonchev–Trinajstić information content (AvgIpc) is 2.81. The standard InChI is InChI=1S/C18H19BF3NO2/c1-12-17(2,3)25-19(24-12)15-6-4-5-7-16(15)23-14-10-8-13(9-11-14)18(20,21)22/h4-12,23H,1-3H3. The number of hydrogen-bond acceptors (Lipinski definition) is 3. The van der Waals surface area contributed by atoms with Crippen molar-refractivity contribution < 1.29 is 22.5 Å². The minimum absolute atomic E-state index is 0.0726. The maximum atomic E-state index is 12.7. The zero-order chi connectivity index (χ0) is 18.2. The third-order valence-corrected chi connectivity index (χ3v) is 4.42. The molecule has 1 aliphatic rings. The second-order valence-corrected chi connectivity index (χ2v) is 6.62. The van der Waals surface area contributed by atoms with Gasteiger partial charge in [-0.1, -0.05) is 18.2 Å². The largest absolute Gasteiger partial charge is 0.496 e. The van der Waals surface area contributed by atoms with Crippen LogP contribution >= 0.6 is 0 Å². The first-order chi connectivity index (χ1) is 11.7. The third kappa shape index (κ3) is 3.83. The molecular formula is C18H19BF3NO2. The second-order valence-electron chi connectivity index (χ2n) is 6.62. The third-order valence-electron chi connectivity index (χ3n) is 4.42. The fourth-order valence-corrected chi connectivity index (χ4v) is 2.60. The number of benzene rings is 2. The molecule has 1 fully saturated rings. The topological polar surface area (TPSA) is 30.5 Å². The van der Waals surface area contributed by atoms with Crippen molar-refractivity contribution in [2.45, 2.75) is 38.7 Å². The summed E-state index contributed by atoms with van der Waals surface area (Å²) in [5, 5.41) is 3.14. The van der Waals surface area contributed by atoms with Crippen molar-refractivity contribution in [3.63, 3.8) is 0 Å². The summed E-state index contributed by atoms with van der Waals surface area (Å²) in [5.41, 5.74) is 1.01. The van der Waals surface area contributed by atoms with Gasteiger partial charge < -0.3 is 14.6 Å². The van der Waals surface area contributed by atoms with Crippen LogP contribution in [0.15, 0.2) is 48.5 Å². The van der Waals surface area contributed by atoms with E-state index in [-0.39, 0.29) is 6.10 Å². The number of nitrogens with one attached hydrogen (secondary N) is 1. The van der Waals surface area contributed by atoms with Crippen LogP contribution in [-0.4, -0.2) is 18.8 Å². The van der Waals surface area contributed by atoms with Gasteiger partial charge in [-0.25, -0.2) is 0 Å². The van der Waals surface area contributed by atoms with Gasteiger partial charge in [0.15, 0.2) is 0 Å². The van der Waals surface area contributed by atoms with E-state index in [9.17, 15) is 13.2 Å². The van der Waals surface area contributed by atoms with Crippen molar-refractivity contribution in [1.82, 2.24) is 0 Å². The summed E-state index contributed by atoms with van der Waals surface area (Å²) in [5.74, 6) is 0. The van der Waals surface area contributed by atoms with E-state index >= 15 is 0 Å². The number of para-hydroxylation sites is 1. The van der Waals surface area contributed by atoms with Gasteiger partial charge in [-0.2, -0.15) is 13.2 Å². The van der Waals surface area contributed by atoms with Gasteiger partial charge in [0.1, 0.15) is 0 Å². The average molecular weight is 349 g/mol. The Morgan fingerprint density at radius 3 is 2.24 bits per heavy atom. The first-order valence-electron chi connectivity index (χ1n) is 8.03. The molecule has 0 aliphatic carbocycles. The minimum Gasteiger partial charge on any atom is -0.402 e. The van der Waals surface area contributed by atoms with E-state index < -0.39 is 24.5 Å². The van der Waals surface area contributed by atoms with Crippen molar-refractivity contribution in [2.75, 3.05) is 5.32 Å². The van der Waals surface area contributed by atoms with Gasteiger partial charge >= 0.3 is 13.3 Å². The molecule has 0 bridgehead atoms. The van der Waals surface area contributed by atoms with Crippen LogP contribution < -0.4 is 10.8 Å².